The third kappa shape index (κ3) is 3.61. The van der Waals surface area contributed by atoms with Gasteiger partial charge in [0, 0.05) is 33.1 Å². The van der Waals surface area contributed by atoms with E-state index in [9.17, 15) is 4.79 Å². The Labute approximate surface area is 139 Å². The van der Waals surface area contributed by atoms with E-state index in [-0.39, 0.29) is 12.0 Å². The maximum Gasteiger partial charge on any atom is 0.264 e. The summed E-state index contributed by atoms with van der Waals surface area (Å²) < 4.78 is 5.85. The minimum atomic E-state index is -0.0282. The van der Waals surface area contributed by atoms with Crippen molar-refractivity contribution >= 4 is 23.1 Å². The van der Waals surface area contributed by atoms with Gasteiger partial charge in [0.15, 0.2) is 5.82 Å². The van der Waals surface area contributed by atoms with Crippen LogP contribution in [0.4, 0.5) is 5.82 Å². The molecule has 0 saturated carbocycles. The molecule has 1 aliphatic heterocycles. The number of anilines is 1. The topological polar surface area (TPSA) is 58.6 Å². The van der Waals surface area contributed by atoms with Crippen molar-refractivity contribution in [2.24, 2.45) is 0 Å². The van der Waals surface area contributed by atoms with Crippen LogP contribution in [0.25, 0.3) is 0 Å². The first kappa shape index (κ1) is 15.7. The molecule has 1 atom stereocenters. The van der Waals surface area contributed by atoms with E-state index in [0.29, 0.717) is 19.0 Å². The largest absolute Gasteiger partial charge is 0.471 e. The minimum Gasteiger partial charge on any atom is -0.471 e. The third-order valence-corrected chi connectivity index (χ3v) is 4.78. The van der Waals surface area contributed by atoms with E-state index in [0.717, 1.165) is 22.7 Å². The smallest absolute Gasteiger partial charge is 0.264 e. The van der Waals surface area contributed by atoms with Gasteiger partial charge in [0.1, 0.15) is 6.10 Å². The number of thiophene rings is 1. The Morgan fingerprint density at radius 1 is 1.39 bits per heavy atom. The predicted octanol–water partition coefficient (Wildman–Crippen LogP) is 2.21. The molecule has 1 amide bonds. The summed E-state index contributed by atoms with van der Waals surface area (Å²) in [6.45, 7) is 3.30. The van der Waals surface area contributed by atoms with Gasteiger partial charge in [-0.15, -0.1) is 21.5 Å². The molecule has 0 bridgehead atoms. The van der Waals surface area contributed by atoms with Crippen LogP contribution in [0.5, 0.6) is 5.88 Å². The van der Waals surface area contributed by atoms with Crippen LogP contribution in [0.2, 0.25) is 0 Å². The Bertz CT molecular complexity index is 684. The zero-order valence-electron chi connectivity index (χ0n) is 13.5. The number of hydrogen-bond donors (Lipinski definition) is 0. The second kappa shape index (κ2) is 6.54. The number of carbonyl (C=O) groups excluding carboxylic acids is 1. The number of aromatic nitrogens is 2. The van der Waals surface area contributed by atoms with Crippen LogP contribution >= 0.6 is 11.3 Å². The van der Waals surface area contributed by atoms with Gasteiger partial charge in [0.05, 0.1) is 11.4 Å². The van der Waals surface area contributed by atoms with E-state index in [1.165, 1.54) is 11.3 Å². The molecule has 6 nitrogen and oxygen atoms in total. The molecule has 0 aromatic carbocycles. The van der Waals surface area contributed by atoms with Gasteiger partial charge >= 0.3 is 0 Å². The summed E-state index contributed by atoms with van der Waals surface area (Å²) >= 11 is 1.49. The van der Waals surface area contributed by atoms with Crippen LogP contribution in [0.1, 0.15) is 21.7 Å². The fourth-order valence-corrected chi connectivity index (χ4v) is 3.36. The Kier molecular flexibility index (Phi) is 4.47. The lowest BCUT2D eigenvalue weighted by atomic mass is 10.3. The maximum absolute atomic E-state index is 12.4. The summed E-state index contributed by atoms with van der Waals surface area (Å²) in [5, 5.41) is 10.2. The fraction of sp³-hybridized carbons (Fsp3) is 0.438. The van der Waals surface area contributed by atoms with E-state index < -0.39 is 0 Å². The van der Waals surface area contributed by atoms with Gasteiger partial charge in [0.2, 0.25) is 5.88 Å². The molecule has 122 valence electrons. The van der Waals surface area contributed by atoms with Crippen molar-refractivity contribution in [3.8, 4) is 5.88 Å². The number of ether oxygens (including phenoxy) is 1. The van der Waals surface area contributed by atoms with Crippen LogP contribution < -0.4 is 9.64 Å². The second-order valence-electron chi connectivity index (χ2n) is 5.89. The van der Waals surface area contributed by atoms with Crippen molar-refractivity contribution in [3.63, 3.8) is 0 Å². The molecule has 23 heavy (non-hydrogen) atoms. The molecule has 3 rings (SSSR count). The van der Waals surface area contributed by atoms with Gasteiger partial charge in [0.25, 0.3) is 5.91 Å². The molecule has 0 N–H and O–H groups in total. The lowest BCUT2D eigenvalue weighted by Gasteiger charge is -2.16. The molecular weight excluding hydrogens is 312 g/mol. The van der Waals surface area contributed by atoms with Crippen molar-refractivity contribution in [2.75, 3.05) is 32.1 Å². The molecule has 0 aliphatic carbocycles. The summed E-state index contributed by atoms with van der Waals surface area (Å²) in [5.74, 6) is 1.37. The standard InChI is InChI=1S/C16H20N4O2S/c1-11-8-13(23-10-11)16(21)20-7-6-12(9-20)22-15-5-4-14(17-18-15)19(2)3/h4-5,8,10,12H,6-7,9H2,1-3H3/t12-/m1/s1. The highest BCUT2D eigenvalue weighted by Crippen LogP contribution is 2.22. The average Bonchev–Trinajstić information content (AvgIpc) is 3.16. The first-order chi connectivity index (χ1) is 11.0. The van der Waals surface area contributed by atoms with Crippen LogP contribution in [-0.4, -0.2) is 54.3 Å². The maximum atomic E-state index is 12.4. The van der Waals surface area contributed by atoms with Crippen molar-refractivity contribution in [2.45, 2.75) is 19.4 Å². The lowest BCUT2D eigenvalue weighted by Crippen LogP contribution is -2.30. The van der Waals surface area contributed by atoms with Crippen LogP contribution in [-0.2, 0) is 0 Å². The highest BCUT2D eigenvalue weighted by atomic mass is 32.1. The number of carbonyl (C=O) groups is 1. The highest BCUT2D eigenvalue weighted by Gasteiger charge is 2.29. The summed E-state index contributed by atoms with van der Waals surface area (Å²) in [4.78, 5) is 16.9. The van der Waals surface area contributed by atoms with Crippen LogP contribution in [0.15, 0.2) is 23.6 Å². The van der Waals surface area contributed by atoms with Gasteiger partial charge in [-0.05, 0) is 30.0 Å². The number of likely N-dealkylation sites (tertiary alicyclic amines) is 1. The van der Waals surface area contributed by atoms with E-state index in [2.05, 4.69) is 10.2 Å². The van der Waals surface area contributed by atoms with Crippen molar-refractivity contribution in [1.29, 1.82) is 0 Å². The molecule has 3 heterocycles. The minimum absolute atomic E-state index is 0.0282. The quantitative estimate of drug-likeness (QED) is 0.859. The number of rotatable bonds is 4. The molecule has 0 radical (unpaired) electrons. The molecule has 2 aromatic rings. The Balaban J connectivity index is 1.58. The summed E-state index contributed by atoms with van der Waals surface area (Å²) in [7, 11) is 3.83. The van der Waals surface area contributed by atoms with Gasteiger partial charge < -0.3 is 14.5 Å². The SMILES string of the molecule is Cc1csc(C(=O)N2CC[C@@H](Oc3ccc(N(C)C)nn3)C2)c1. The molecule has 0 spiro atoms. The third-order valence-electron chi connectivity index (χ3n) is 3.75. The summed E-state index contributed by atoms with van der Waals surface area (Å²) in [6, 6.07) is 5.62. The summed E-state index contributed by atoms with van der Waals surface area (Å²) in [5.41, 5.74) is 1.13. The number of hydrogen-bond acceptors (Lipinski definition) is 6. The van der Waals surface area contributed by atoms with Crippen LogP contribution in [0.3, 0.4) is 0 Å². The molecule has 1 aliphatic rings. The summed E-state index contributed by atoms with van der Waals surface area (Å²) in [6.07, 6.45) is 0.784. The molecule has 2 aromatic heterocycles. The number of nitrogens with zero attached hydrogens (tertiary/aromatic N) is 4. The fourth-order valence-electron chi connectivity index (χ4n) is 2.49. The normalized spacial score (nSPS) is 17.3. The van der Waals surface area contributed by atoms with Crippen LogP contribution in [0, 0.1) is 6.92 Å². The molecular formula is C16H20N4O2S. The first-order valence-corrected chi connectivity index (χ1v) is 8.43. The molecule has 7 heteroatoms. The molecule has 0 unspecified atom stereocenters. The molecule has 1 fully saturated rings. The van der Waals surface area contributed by atoms with Gasteiger partial charge in [-0.2, -0.15) is 0 Å². The Morgan fingerprint density at radius 3 is 2.83 bits per heavy atom. The second-order valence-corrected chi connectivity index (χ2v) is 6.80. The van der Waals surface area contributed by atoms with Crippen molar-refractivity contribution in [1.82, 2.24) is 15.1 Å². The Hall–Kier alpha value is -2.15. The predicted molar refractivity (Wildman–Crippen MR) is 90.4 cm³/mol. The van der Waals surface area contributed by atoms with E-state index >= 15 is 0 Å². The van der Waals surface area contributed by atoms with Gasteiger partial charge in [-0.1, -0.05) is 0 Å². The number of amides is 1. The Morgan fingerprint density at radius 2 is 2.22 bits per heavy atom. The zero-order valence-corrected chi connectivity index (χ0v) is 14.3. The average molecular weight is 332 g/mol. The lowest BCUT2D eigenvalue weighted by molar-refractivity contribution is 0.0775. The zero-order chi connectivity index (χ0) is 16.4. The first-order valence-electron chi connectivity index (χ1n) is 7.55. The van der Waals surface area contributed by atoms with E-state index in [1.807, 2.05) is 54.4 Å². The number of aryl methyl sites for hydroxylation is 1. The highest BCUT2D eigenvalue weighted by molar-refractivity contribution is 7.12. The molecule has 1 saturated heterocycles. The van der Waals surface area contributed by atoms with Gasteiger partial charge in [-0.3, -0.25) is 4.79 Å². The van der Waals surface area contributed by atoms with E-state index in [1.54, 1.807) is 0 Å². The van der Waals surface area contributed by atoms with Crippen molar-refractivity contribution in [3.05, 3.63) is 34.0 Å². The van der Waals surface area contributed by atoms with E-state index in [4.69, 9.17) is 4.74 Å². The monoisotopic (exact) mass is 332 g/mol. The van der Waals surface area contributed by atoms with Gasteiger partial charge in [-0.25, -0.2) is 0 Å². The van der Waals surface area contributed by atoms with Crippen molar-refractivity contribution < 1.29 is 9.53 Å².